The number of nitrogens with one attached hydrogen (secondary N) is 3. The van der Waals surface area contributed by atoms with E-state index in [2.05, 4.69) is 16.0 Å². The number of nitrogens with zero attached hydrogens (tertiary/aromatic N) is 2. The van der Waals surface area contributed by atoms with E-state index < -0.39 is 23.9 Å². The van der Waals surface area contributed by atoms with Crippen LogP contribution in [0.4, 0.5) is 0 Å². The van der Waals surface area contributed by atoms with Crippen molar-refractivity contribution in [2.45, 2.75) is 70.5 Å². The minimum atomic E-state index is -0.989. The van der Waals surface area contributed by atoms with Gasteiger partial charge in [-0.2, -0.15) is 0 Å². The standard InChI is InChI=1S/C34H45N5O6/c1-23(2)20-25-22-45-29-14-8-7-12-26(29)32(42)37-27(33(43)35-18-17-24-10-5-4-6-11-24)15-16-31(41)39-19-9-13-28(39)34(44)38(3)21-30(40)36-25/h4-8,10-12,14,23,25,27-28H,9,13,15-22H2,1-3H3,(H,35,43)(H,36,40)(H,37,42)/t25-,27-,28+/m0/s1. The lowest BCUT2D eigenvalue weighted by Gasteiger charge is -2.29. The largest absolute Gasteiger partial charge is 0.491 e. The summed E-state index contributed by atoms with van der Waals surface area (Å²) in [7, 11) is 1.57. The van der Waals surface area contributed by atoms with Crippen molar-refractivity contribution < 1.29 is 28.7 Å². The molecule has 0 saturated carbocycles. The first-order valence-corrected chi connectivity index (χ1v) is 15.8. The Morgan fingerprint density at radius 3 is 2.49 bits per heavy atom. The second-order valence-electron chi connectivity index (χ2n) is 12.2. The minimum Gasteiger partial charge on any atom is -0.491 e. The van der Waals surface area contributed by atoms with Gasteiger partial charge in [0.15, 0.2) is 0 Å². The zero-order valence-corrected chi connectivity index (χ0v) is 26.4. The Balaban J connectivity index is 1.58. The van der Waals surface area contributed by atoms with Gasteiger partial charge in [-0.15, -0.1) is 0 Å². The van der Waals surface area contributed by atoms with Crippen LogP contribution >= 0.6 is 0 Å². The maximum atomic E-state index is 13.6. The number of fused-ring (bicyclic) bond motifs is 2. The summed E-state index contributed by atoms with van der Waals surface area (Å²) in [5.41, 5.74) is 1.31. The van der Waals surface area contributed by atoms with Crippen molar-refractivity contribution in [1.29, 1.82) is 0 Å². The maximum absolute atomic E-state index is 13.6. The summed E-state index contributed by atoms with van der Waals surface area (Å²) in [5.74, 6) is -1.26. The van der Waals surface area contributed by atoms with E-state index in [-0.39, 0.29) is 61.2 Å². The predicted molar refractivity (Wildman–Crippen MR) is 169 cm³/mol. The van der Waals surface area contributed by atoms with Gasteiger partial charge in [-0.1, -0.05) is 56.3 Å². The lowest BCUT2D eigenvalue weighted by atomic mass is 10.0. The van der Waals surface area contributed by atoms with E-state index in [1.807, 2.05) is 44.2 Å². The fourth-order valence-corrected chi connectivity index (χ4v) is 5.87. The Bertz CT molecular complexity index is 1350. The molecule has 5 amide bonds. The highest BCUT2D eigenvalue weighted by Crippen LogP contribution is 2.22. The number of rotatable bonds is 6. The van der Waals surface area contributed by atoms with Crippen LogP contribution in [0.1, 0.15) is 61.9 Å². The smallest absolute Gasteiger partial charge is 0.255 e. The molecule has 2 aliphatic rings. The Morgan fingerprint density at radius 1 is 1.00 bits per heavy atom. The van der Waals surface area contributed by atoms with Crippen LogP contribution < -0.4 is 20.7 Å². The second-order valence-corrected chi connectivity index (χ2v) is 12.2. The highest BCUT2D eigenvalue weighted by atomic mass is 16.5. The third-order valence-electron chi connectivity index (χ3n) is 8.13. The van der Waals surface area contributed by atoms with E-state index in [0.717, 1.165) is 5.56 Å². The molecule has 0 radical (unpaired) electrons. The van der Waals surface area contributed by atoms with Gasteiger partial charge >= 0.3 is 0 Å². The number of likely N-dealkylation sites (N-methyl/N-ethyl adjacent to an activating group) is 1. The Hall–Kier alpha value is -4.41. The molecule has 0 bridgehead atoms. The summed E-state index contributed by atoms with van der Waals surface area (Å²) in [6, 6.07) is 14.4. The number of para-hydroxylation sites is 1. The molecule has 45 heavy (non-hydrogen) atoms. The lowest BCUT2D eigenvalue weighted by Crippen LogP contribution is -2.51. The van der Waals surface area contributed by atoms with Gasteiger partial charge in [0.1, 0.15) is 24.4 Å². The number of hydrogen-bond donors (Lipinski definition) is 3. The fourth-order valence-electron chi connectivity index (χ4n) is 5.87. The van der Waals surface area contributed by atoms with Crippen molar-refractivity contribution in [3.8, 4) is 5.75 Å². The van der Waals surface area contributed by atoms with Crippen LogP contribution in [0, 0.1) is 5.92 Å². The molecule has 11 nitrogen and oxygen atoms in total. The number of benzene rings is 2. The second kappa shape index (κ2) is 16.1. The van der Waals surface area contributed by atoms with Gasteiger partial charge in [0.2, 0.25) is 23.6 Å². The molecule has 1 saturated heterocycles. The highest BCUT2D eigenvalue weighted by molar-refractivity contribution is 6.00. The predicted octanol–water partition coefficient (Wildman–Crippen LogP) is 2.30. The molecule has 242 valence electrons. The molecule has 2 aliphatic heterocycles. The van der Waals surface area contributed by atoms with Gasteiger partial charge in [0.25, 0.3) is 5.91 Å². The van der Waals surface area contributed by atoms with E-state index in [9.17, 15) is 24.0 Å². The summed E-state index contributed by atoms with van der Waals surface area (Å²) >= 11 is 0. The highest BCUT2D eigenvalue weighted by Gasteiger charge is 2.36. The molecule has 0 aromatic heterocycles. The van der Waals surface area contributed by atoms with Crippen LogP contribution in [0.2, 0.25) is 0 Å². The molecule has 2 aromatic carbocycles. The molecule has 4 rings (SSSR count). The van der Waals surface area contributed by atoms with Crippen LogP contribution in [0.5, 0.6) is 5.75 Å². The molecule has 11 heteroatoms. The van der Waals surface area contributed by atoms with E-state index in [1.165, 1.54) is 9.80 Å². The van der Waals surface area contributed by atoms with E-state index in [0.29, 0.717) is 44.5 Å². The fraction of sp³-hybridized carbons (Fsp3) is 0.500. The molecule has 2 aromatic rings. The van der Waals surface area contributed by atoms with Crippen LogP contribution in [-0.2, 0) is 25.6 Å². The van der Waals surface area contributed by atoms with Crippen molar-refractivity contribution in [3.05, 3.63) is 65.7 Å². The molecule has 3 atom stereocenters. The maximum Gasteiger partial charge on any atom is 0.255 e. The first-order valence-electron chi connectivity index (χ1n) is 15.8. The summed E-state index contributed by atoms with van der Waals surface area (Å²) in [6.07, 6.45) is 2.40. The van der Waals surface area contributed by atoms with Crippen molar-refractivity contribution in [3.63, 3.8) is 0 Å². The van der Waals surface area contributed by atoms with Gasteiger partial charge < -0.3 is 30.5 Å². The van der Waals surface area contributed by atoms with Gasteiger partial charge in [-0.3, -0.25) is 24.0 Å². The topological polar surface area (TPSA) is 137 Å². The van der Waals surface area contributed by atoms with Gasteiger partial charge in [-0.25, -0.2) is 0 Å². The average molecular weight is 620 g/mol. The molecule has 0 unspecified atom stereocenters. The number of carbonyl (C=O) groups excluding carboxylic acids is 5. The van der Waals surface area contributed by atoms with Crippen molar-refractivity contribution in [2.75, 3.05) is 33.3 Å². The lowest BCUT2D eigenvalue weighted by molar-refractivity contribution is -0.144. The van der Waals surface area contributed by atoms with E-state index >= 15 is 0 Å². The summed E-state index contributed by atoms with van der Waals surface area (Å²) in [5, 5.41) is 8.71. The molecule has 1 fully saturated rings. The summed E-state index contributed by atoms with van der Waals surface area (Å²) in [6.45, 7) is 4.80. The SMILES string of the molecule is CC(C)C[C@H]1COc2ccccc2C(=O)N[C@H](C(=O)NCCc2ccccc2)CCC(=O)N2CCC[C@@H]2C(=O)N(C)CC(=O)N1. The molecule has 0 aliphatic carbocycles. The number of ether oxygens (including phenoxy) is 1. The molecular weight excluding hydrogens is 574 g/mol. The Kier molecular flexibility index (Phi) is 11.9. The summed E-state index contributed by atoms with van der Waals surface area (Å²) in [4.78, 5) is 69.6. The third kappa shape index (κ3) is 9.54. The number of amides is 5. The van der Waals surface area contributed by atoms with Gasteiger partial charge in [0, 0.05) is 26.6 Å². The molecule has 0 spiro atoms. The van der Waals surface area contributed by atoms with Gasteiger partial charge in [0.05, 0.1) is 18.2 Å². The van der Waals surface area contributed by atoms with Crippen LogP contribution in [0.3, 0.4) is 0 Å². The monoisotopic (exact) mass is 619 g/mol. The van der Waals surface area contributed by atoms with Crippen molar-refractivity contribution in [2.24, 2.45) is 5.92 Å². The Labute approximate surface area is 265 Å². The molecule has 3 N–H and O–H groups in total. The molecular formula is C34H45N5O6. The van der Waals surface area contributed by atoms with Crippen LogP contribution in [-0.4, -0.2) is 90.8 Å². The molecule has 2 heterocycles. The third-order valence-corrected chi connectivity index (χ3v) is 8.13. The quantitative estimate of drug-likeness (QED) is 0.454. The first-order chi connectivity index (χ1) is 21.6. The average Bonchev–Trinajstić information content (AvgIpc) is 3.51. The van der Waals surface area contributed by atoms with Crippen LogP contribution in [0.25, 0.3) is 0 Å². The first kappa shape index (κ1) is 33.5. The number of hydrogen-bond acceptors (Lipinski definition) is 6. The van der Waals surface area contributed by atoms with Gasteiger partial charge in [-0.05, 0) is 55.7 Å². The zero-order chi connectivity index (χ0) is 32.3. The van der Waals surface area contributed by atoms with E-state index in [1.54, 1.807) is 31.3 Å². The number of carbonyl (C=O) groups is 5. The zero-order valence-electron chi connectivity index (χ0n) is 26.4. The normalized spacial score (nSPS) is 22.0. The van der Waals surface area contributed by atoms with Crippen molar-refractivity contribution in [1.82, 2.24) is 25.8 Å². The van der Waals surface area contributed by atoms with E-state index in [4.69, 9.17) is 4.74 Å². The Morgan fingerprint density at radius 2 is 1.73 bits per heavy atom. The van der Waals surface area contributed by atoms with Crippen LogP contribution in [0.15, 0.2) is 54.6 Å². The van der Waals surface area contributed by atoms with Crippen molar-refractivity contribution >= 4 is 29.5 Å². The summed E-state index contributed by atoms with van der Waals surface area (Å²) < 4.78 is 6.08. The minimum absolute atomic E-state index is 0.0416.